The Morgan fingerprint density at radius 3 is 1.63 bits per heavy atom. The number of allylic oxidation sites excluding steroid dienone is 1. The molecule has 8 aromatic carbocycles. The first-order valence-electron chi connectivity index (χ1n) is 17.2. The predicted molar refractivity (Wildman–Crippen MR) is 210 cm³/mol. The molecular formula is C48H35N. The number of anilines is 3. The topological polar surface area (TPSA) is 3.24 Å². The van der Waals surface area contributed by atoms with E-state index in [4.69, 9.17) is 0 Å². The smallest absolute Gasteiger partial charge is 0.0462 e. The van der Waals surface area contributed by atoms with Crippen LogP contribution >= 0.6 is 0 Å². The second-order valence-electron chi connectivity index (χ2n) is 12.9. The minimum atomic E-state index is 1.11. The van der Waals surface area contributed by atoms with Crippen molar-refractivity contribution in [2.45, 2.75) is 12.8 Å². The summed E-state index contributed by atoms with van der Waals surface area (Å²) in [4.78, 5) is 2.36. The quantitative estimate of drug-likeness (QED) is 0.166. The fourth-order valence-corrected chi connectivity index (χ4v) is 7.47. The van der Waals surface area contributed by atoms with E-state index in [0.29, 0.717) is 0 Å². The van der Waals surface area contributed by atoms with E-state index in [-0.39, 0.29) is 0 Å². The lowest BCUT2D eigenvalue weighted by molar-refractivity contribution is 0.986. The monoisotopic (exact) mass is 625 g/mol. The molecule has 0 spiro atoms. The van der Waals surface area contributed by atoms with Crippen molar-refractivity contribution in [1.29, 1.82) is 0 Å². The molecule has 232 valence electrons. The van der Waals surface area contributed by atoms with E-state index in [9.17, 15) is 0 Å². The third-order valence-corrected chi connectivity index (χ3v) is 9.93. The average Bonchev–Trinajstić information content (AvgIpc) is 3.19. The summed E-state index contributed by atoms with van der Waals surface area (Å²) in [5.41, 5.74) is 13.6. The first kappa shape index (κ1) is 29.0. The number of fused-ring (bicyclic) bond motifs is 4. The molecule has 1 aliphatic carbocycles. The normalized spacial score (nSPS) is 12.2. The molecule has 0 amide bonds. The summed E-state index contributed by atoms with van der Waals surface area (Å²) in [5.74, 6) is 0. The van der Waals surface area contributed by atoms with Gasteiger partial charge in [0.15, 0.2) is 0 Å². The third-order valence-electron chi connectivity index (χ3n) is 9.93. The van der Waals surface area contributed by atoms with Gasteiger partial charge in [0.1, 0.15) is 0 Å². The van der Waals surface area contributed by atoms with Gasteiger partial charge in [0.05, 0.1) is 0 Å². The minimum Gasteiger partial charge on any atom is -0.311 e. The Kier molecular flexibility index (Phi) is 7.37. The van der Waals surface area contributed by atoms with E-state index in [0.717, 1.165) is 29.9 Å². The lowest BCUT2D eigenvalue weighted by atomic mass is 9.90. The van der Waals surface area contributed by atoms with Gasteiger partial charge in [-0.2, -0.15) is 0 Å². The van der Waals surface area contributed by atoms with Crippen molar-refractivity contribution in [3.8, 4) is 33.4 Å². The SMILES string of the molecule is C1=Cc2c(cccc2-c2ccc(N(c3ccc(-c4ccccc4)cc3)c3ccc(-c4cc5ccccc5c5ccccc45)cc3)cc2)CC1. The molecule has 0 fully saturated rings. The maximum absolute atomic E-state index is 2.36. The van der Waals surface area contributed by atoms with Crippen LogP contribution in [0.4, 0.5) is 17.1 Å². The zero-order valence-corrected chi connectivity index (χ0v) is 27.3. The fourth-order valence-electron chi connectivity index (χ4n) is 7.47. The van der Waals surface area contributed by atoms with Crippen molar-refractivity contribution in [2.75, 3.05) is 4.90 Å². The van der Waals surface area contributed by atoms with E-state index < -0.39 is 0 Å². The van der Waals surface area contributed by atoms with Gasteiger partial charge in [-0.1, -0.05) is 146 Å². The molecule has 49 heavy (non-hydrogen) atoms. The van der Waals surface area contributed by atoms with Gasteiger partial charge >= 0.3 is 0 Å². The van der Waals surface area contributed by atoms with Gasteiger partial charge in [0, 0.05) is 17.1 Å². The summed E-state index contributed by atoms with van der Waals surface area (Å²) >= 11 is 0. The number of hydrogen-bond donors (Lipinski definition) is 0. The number of benzene rings is 8. The first-order valence-corrected chi connectivity index (χ1v) is 17.2. The highest BCUT2D eigenvalue weighted by Crippen LogP contribution is 2.40. The molecule has 8 aromatic rings. The summed E-state index contributed by atoms with van der Waals surface area (Å²) in [6.45, 7) is 0. The summed E-state index contributed by atoms with van der Waals surface area (Å²) in [7, 11) is 0. The highest BCUT2D eigenvalue weighted by molar-refractivity contribution is 6.13. The molecule has 0 unspecified atom stereocenters. The average molecular weight is 626 g/mol. The Hall–Kier alpha value is -6.18. The van der Waals surface area contributed by atoms with E-state index in [2.05, 4.69) is 193 Å². The third kappa shape index (κ3) is 5.40. The molecule has 1 nitrogen and oxygen atoms in total. The second kappa shape index (κ2) is 12.4. The molecule has 0 heterocycles. The van der Waals surface area contributed by atoms with Crippen molar-refractivity contribution in [2.24, 2.45) is 0 Å². The van der Waals surface area contributed by atoms with E-state index >= 15 is 0 Å². The Labute approximate surface area is 288 Å². The molecule has 0 saturated carbocycles. The molecule has 0 atom stereocenters. The van der Waals surface area contributed by atoms with Crippen molar-refractivity contribution in [1.82, 2.24) is 0 Å². The van der Waals surface area contributed by atoms with Gasteiger partial charge in [0.25, 0.3) is 0 Å². The highest BCUT2D eigenvalue weighted by Gasteiger charge is 2.16. The van der Waals surface area contributed by atoms with Crippen LogP contribution in [0, 0.1) is 0 Å². The molecule has 1 aliphatic rings. The maximum atomic E-state index is 2.36. The Balaban J connectivity index is 1.13. The van der Waals surface area contributed by atoms with Gasteiger partial charge in [-0.3, -0.25) is 0 Å². The van der Waals surface area contributed by atoms with Crippen LogP contribution in [0.5, 0.6) is 0 Å². The minimum absolute atomic E-state index is 1.11. The molecule has 0 saturated heterocycles. The standard InChI is InChI=1S/C48H35N/c1-2-11-34(12-3-1)35-21-27-40(28-22-35)49(41-29-23-37(24-30-41)44-20-10-15-36-13-4-6-16-43(36)44)42-31-25-38(26-32-42)48-33-39-14-5-7-17-45(39)46-18-8-9-19-47(46)48/h1-3,5-12,14-33H,4,13H2. The Morgan fingerprint density at radius 1 is 0.388 bits per heavy atom. The van der Waals surface area contributed by atoms with E-state index in [1.165, 1.54) is 66.1 Å². The molecule has 0 aromatic heterocycles. The molecule has 0 N–H and O–H groups in total. The van der Waals surface area contributed by atoms with E-state index in [1.807, 2.05) is 0 Å². The molecular weight excluding hydrogens is 591 g/mol. The van der Waals surface area contributed by atoms with Gasteiger partial charge in [-0.25, -0.2) is 0 Å². The molecule has 0 aliphatic heterocycles. The van der Waals surface area contributed by atoms with Crippen LogP contribution in [0.15, 0.2) is 182 Å². The molecule has 1 heteroatoms. The summed E-state index contributed by atoms with van der Waals surface area (Å²) in [5, 5.41) is 5.11. The van der Waals surface area contributed by atoms with Crippen molar-refractivity contribution in [3.05, 3.63) is 193 Å². The number of hydrogen-bond acceptors (Lipinski definition) is 1. The van der Waals surface area contributed by atoms with Crippen LogP contribution in [-0.4, -0.2) is 0 Å². The zero-order chi connectivity index (χ0) is 32.6. The van der Waals surface area contributed by atoms with E-state index in [1.54, 1.807) is 0 Å². The van der Waals surface area contributed by atoms with Gasteiger partial charge in [-0.05, 0) is 121 Å². The van der Waals surface area contributed by atoms with Crippen LogP contribution in [0.1, 0.15) is 17.5 Å². The predicted octanol–water partition coefficient (Wildman–Crippen LogP) is 13.4. The van der Waals surface area contributed by atoms with Crippen molar-refractivity contribution < 1.29 is 0 Å². The Morgan fingerprint density at radius 2 is 0.939 bits per heavy atom. The summed E-state index contributed by atoms with van der Waals surface area (Å²) in [6.07, 6.45) is 6.81. The maximum Gasteiger partial charge on any atom is 0.0462 e. The number of rotatable bonds is 6. The number of nitrogens with zero attached hydrogens (tertiary/aromatic N) is 1. The van der Waals surface area contributed by atoms with Gasteiger partial charge in [-0.15, -0.1) is 0 Å². The lowest BCUT2D eigenvalue weighted by Gasteiger charge is -2.26. The highest BCUT2D eigenvalue weighted by atomic mass is 15.1. The van der Waals surface area contributed by atoms with Gasteiger partial charge in [0.2, 0.25) is 0 Å². The lowest BCUT2D eigenvalue weighted by Crippen LogP contribution is -2.09. The Bertz CT molecular complexity index is 2450. The summed E-state index contributed by atoms with van der Waals surface area (Å²) in [6, 6.07) is 64.1. The molecule has 9 rings (SSSR count). The second-order valence-corrected chi connectivity index (χ2v) is 12.9. The van der Waals surface area contributed by atoms with Crippen LogP contribution in [0.25, 0.3) is 61.0 Å². The van der Waals surface area contributed by atoms with Crippen molar-refractivity contribution in [3.63, 3.8) is 0 Å². The van der Waals surface area contributed by atoms with Crippen LogP contribution in [0.3, 0.4) is 0 Å². The number of aryl methyl sites for hydroxylation is 1. The molecule has 0 bridgehead atoms. The molecule has 0 radical (unpaired) electrons. The van der Waals surface area contributed by atoms with Crippen LogP contribution < -0.4 is 4.90 Å². The first-order chi connectivity index (χ1) is 24.3. The van der Waals surface area contributed by atoms with Crippen LogP contribution in [0.2, 0.25) is 0 Å². The fraction of sp³-hybridized carbons (Fsp3) is 0.0417. The summed E-state index contributed by atoms with van der Waals surface area (Å²) < 4.78 is 0. The van der Waals surface area contributed by atoms with Crippen LogP contribution in [-0.2, 0) is 6.42 Å². The van der Waals surface area contributed by atoms with Gasteiger partial charge < -0.3 is 4.90 Å². The largest absolute Gasteiger partial charge is 0.311 e. The van der Waals surface area contributed by atoms with Crippen molar-refractivity contribution >= 4 is 44.7 Å². The zero-order valence-electron chi connectivity index (χ0n) is 27.3.